The zero-order chi connectivity index (χ0) is 30.2. The van der Waals surface area contributed by atoms with Gasteiger partial charge in [0.15, 0.2) is 23.7 Å². The normalized spacial score (nSPS) is 18.9. The Balaban J connectivity index is 1.55. The number of hydrogen-bond donors (Lipinski definition) is 6. The molecular formula is C21H25N10O8S2+. The minimum atomic E-state index is -1.81. The molecule has 2 aromatic heterocycles. The number of nitrogen functional groups attached to an aromatic ring is 1. The average molecular weight is 610 g/mol. The number of aromatic nitrogens is 4. The molecule has 41 heavy (non-hydrogen) atoms. The smallest absolute Gasteiger partial charge is 0.352 e. The van der Waals surface area contributed by atoms with Crippen molar-refractivity contribution < 1.29 is 43.7 Å². The Labute approximate surface area is 239 Å². The van der Waals surface area contributed by atoms with Crippen molar-refractivity contribution in [3.63, 3.8) is 0 Å². The van der Waals surface area contributed by atoms with Gasteiger partial charge in [-0.3, -0.25) is 19.8 Å². The van der Waals surface area contributed by atoms with Gasteiger partial charge in [-0.2, -0.15) is 9.36 Å². The maximum Gasteiger partial charge on any atom is 0.352 e. The van der Waals surface area contributed by atoms with Gasteiger partial charge in [-0.25, -0.2) is 14.4 Å². The van der Waals surface area contributed by atoms with Gasteiger partial charge in [0.05, 0.1) is 13.1 Å². The van der Waals surface area contributed by atoms with Crippen LogP contribution in [0.2, 0.25) is 0 Å². The molecule has 0 spiro atoms. The summed E-state index contributed by atoms with van der Waals surface area (Å²) in [5.74, 6) is -3.98. The highest BCUT2D eigenvalue weighted by atomic mass is 32.2. The number of aliphatic carboxylic acids is 2. The molecule has 4 rings (SSSR count). The lowest BCUT2D eigenvalue weighted by Crippen LogP contribution is -2.71. The quantitative estimate of drug-likeness (QED) is 0.0759. The minimum Gasteiger partial charge on any atom is -0.478 e. The second-order valence-corrected chi connectivity index (χ2v) is 11.1. The Kier molecular flexibility index (Phi) is 7.88. The van der Waals surface area contributed by atoms with Crippen LogP contribution in [-0.2, 0) is 37.6 Å². The topological polar surface area (TPSA) is 261 Å². The molecule has 1 saturated heterocycles. The maximum atomic E-state index is 13.2. The van der Waals surface area contributed by atoms with E-state index < -0.39 is 52.5 Å². The number of anilines is 2. The summed E-state index contributed by atoms with van der Waals surface area (Å²) in [4.78, 5) is 71.1. The zero-order valence-corrected chi connectivity index (χ0v) is 23.4. The first-order valence-corrected chi connectivity index (χ1v) is 13.4. The van der Waals surface area contributed by atoms with Crippen LogP contribution >= 0.6 is 23.3 Å². The predicted octanol–water partition coefficient (Wildman–Crippen LogP) is -1.74. The molecule has 8 N–H and O–H groups in total. The maximum absolute atomic E-state index is 13.2. The number of rotatable bonds is 10. The lowest BCUT2D eigenvalue weighted by Gasteiger charge is -2.49. The number of thioether (sulfide) groups is 1. The Bertz CT molecular complexity index is 1510. The van der Waals surface area contributed by atoms with E-state index in [4.69, 9.17) is 16.3 Å². The summed E-state index contributed by atoms with van der Waals surface area (Å²) in [6.45, 7) is 2.51. The highest BCUT2D eigenvalue weighted by Crippen LogP contribution is 2.40. The van der Waals surface area contributed by atoms with Crippen molar-refractivity contribution in [3.8, 4) is 0 Å². The van der Waals surface area contributed by atoms with Gasteiger partial charge in [0.25, 0.3) is 11.8 Å². The van der Waals surface area contributed by atoms with Crippen LogP contribution in [0.1, 0.15) is 19.7 Å². The number of β-lactam (4-membered cyclic amide) rings is 1. The summed E-state index contributed by atoms with van der Waals surface area (Å²) in [6.07, 6.45) is 1.61. The van der Waals surface area contributed by atoms with Crippen LogP contribution in [0.5, 0.6) is 0 Å². The van der Waals surface area contributed by atoms with Gasteiger partial charge in [-0.15, -0.1) is 21.1 Å². The number of carboxylic acid groups (broad SMARTS) is 2. The molecule has 0 unspecified atom stereocenters. The third-order valence-corrected chi connectivity index (χ3v) is 7.91. The molecule has 0 bridgehead atoms. The summed E-state index contributed by atoms with van der Waals surface area (Å²) in [5.41, 5.74) is 8.64. The standard InChI is InChI=1S/C21H24N10O8S2/c1-21(2,18(36)37)39-27-10(13-26-20(23)41-28-13)14(32)25-11-15(33)31-12(17(34)35)8(7-40-16(11)31)6-30-5-4-9(29(30)3)24-19(22)38/h4-5,11,16H,6-7H2,1-3H3,(H7,22,23,25,26,28,32,34,35,36,37,38)/p+1/t11-,16-/m1/s1. The van der Waals surface area contributed by atoms with Crippen LogP contribution in [0.25, 0.3) is 0 Å². The van der Waals surface area contributed by atoms with E-state index in [1.54, 1.807) is 28.7 Å². The zero-order valence-electron chi connectivity index (χ0n) is 21.7. The van der Waals surface area contributed by atoms with E-state index in [1.165, 1.54) is 25.6 Å². The van der Waals surface area contributed by atoms with Crippen molar-refractivity contribution >= 4 is 69.7 Å². The van der Waals surface area contributed by atoms with Crippen molar-refractivity contribution in [2.24, 2.45) is 17.9 Å². The third-order valence-electron chi connectivity index (χ3n) is 6.03. The molecule has 20 heteroatoms. The number of carbonyl (C=O) groups excluding carboxylic acids is 3. The number of nitrogens with one attached hydrogen (secondary N) is 2. The first kappa shape index (κ1) is 29.3. The number of oxime groups is 1. The molecule has 4 amide bonds. The third kappa shape index (κ3) is 5.77. The lowest BCUT2D eigenvalue weighted by atomic mass is 10.0. The number of nitrogens with zero attached hydrogens (tertiary/aromatic N) is 6. The molecule has 0 radical (unpaired) electrons. The van der Waals surface area contributed by atoms with Crippen LogP contribution in [0, 0.1) is 0 Å². The molecule has 2 aliphatic heterocycles. The van der Waals surface area contributed by atoms with Crippen LogP contribution in [-0.4, -0.2) is 87.4 Å². The summed E-state index contributed by atoms with van der Waals surface area (Å²) in [5, 5.41) is 27.1. The molecule has 18 nitrogen and oxygen atoms in total. The Morgan fingerprint density at radius 3 is 2.61 bits per heavy atom. The van der Waals surface area contributed by atoms with Crippen molar-refractivity contribution in [1.82, 2.24) is 24.3 Å². The molecular weight excluding hydrogens is 584 g/mol. The first-order valence-electron chi connectivity index (χ1n) is 11.6. The van der Waals surface area contributed by atoms with E-state index in [0.717, 1.165) is 16.4 Å². The van der Waals surface area contributed by atoms with E-state index in [-0.39, 0.29) is 29.0 Å². The fourth-order valence-electron chi connectivity index (χ4n) is 3.83. The summed E-state index contributed by atoms with van der Waals surface area (Å²) in [6, 6.07) is -0.319. The Hall–Kier alpha value is -4.72. The average Bonchev–Trinajstić information content (AvgIpc) is 3.47. The SMILES string of the molecule is Cn1c(NC(N)=O)cc[n+]1CC1=C(C(=O)O)N2C(=O)[C@@H](NC(=O)C(=NOC(C)(C)C(=O)O)c3nsc(N)n3)[C@H]2SC1. The number of nitrogens with two attached hydrogens (primary N) is 2. The molecule has 4 heterocycles. The number of carboxylic acids is 2. The Morgan fingerprint density at radius 2 is 2.02 bits per heavy atom. The van der Waals surface area contributed by atoms with Gasteiger partial charge < -0.3 is 31.8 Å². The summed E-state index contributed by atoms with van der Waals surface area (Å²) >= 11 is 1.99. The van der Waals surface area contributed by atoms with Crippen molar-refractivity contribution in [2.45, 2.75) is 37.4 Å². The number of amides is 4. The van der Waals surface area contributed by atoms with Gasteiger partial charge in [0.2, 0.25) is 17.1 Å². The predicted molar refractivity (Wildman–Crippen MR) is 142 cm³/mol. The van der Waals surface area contributed by atoms with E-state index in [2.05, 4.69) is 25.1 Å². The van der Waals surface area contributed by atoms with Gasteiger partial charge in [-0.05, 0) is 13.8 Å². The van der Waals surface area contributed by atoms with Gasteiger partial charge in [0, 0.05) is 22.9 Å². The Morgan fingerprint density at radius 1 is 1.32 bits per heavy atom. The largest absolute Gasteiger partial charge is 0.478 e. The molecule has 0 saturated carbocycles. The summed E-state index contributed by atoms with van der Waals surface area (Å²) in [7, 11) is 1.64. The molecule has 2 aromatic rings. The number of hydrogen-bond acceptors (Lipinski definition) is 12. The van der Waals surface area contributed by atoms with Gasteiger partial charge in [0.1, 0.15) is 17.1 Å². The molecule has 2 atom stereocenters. The lowest BCUT2D eigenvalue weighted by molar-refractivity contribution is -0.765. The fourth-order valence-corrected chi connectivity index (χ4v) is 5.60. The number of fused-ring (bicyclic) bond motifs is 1. The second kappa shape index (κ2) is 11.0. The molecule has 1 fully saturated rings. The van der Waals surface area contributed by atoms with Crippen molar-refractivity contribution in [3.05, 3.63) is 29.4 Å². The highest BCUT2D eigenvalue weighted by molar-refractivity contribution is 8.00. The molecule has 2 aliphatic rings. The van der Waals surface area contributed by atoms with Crippen molar-refractivity contribution in [1.29, 1.82) is 0 Å². The van der Waals surface area contributed by atoms with Gasteiger partial charge >= 0.3 is 18.0 Å². The van der Waals surface area contributed by atoms with Crippen LogP contribution in [0.15, 0.2) is 28.7 Å². The number of urea groups is 1. The van der Waals surface area contributed by atoms with Crippen LogP contribution in [0.4, 0.5) is 15.7 Å². The van der Waals surface area contributed by atoms with E-state index in [1.807, 2.05) is 0 Å². The van der Waals surface area contributed by atoms with Crippen LogP contribution < -0.4 is 26.8 Å². The molecule has 218 valence electrons. The second-order valence-electron chi connectivity index (χ2n) is 9.23. The van der Waals surface area contributed by atoms with Crippen molar-refractivity contribution in [2.75, 3.05) is 16.8 Å². The van der Waals surface area contributed by atoms with Gasteiger partial charge in [-0.1, -0.05) is 5.16 Å². The highest BCUT2D eigenvalue weighted by Gasteiger charge is 2.55. The molecule has 0 aliphatic carbocycles. The van der Waals surface area contributed by atoms with Crippen LogP contribution in [0.3, 0.4) is 0 Å². The fraction of sp³-hybridized carbons (Fsp3) is 0.381. The van der Waals surface area contributed by atoms with E-state index >= 15 is 0 Å². The van der Waals surface area contributed by atoms with E-state index in [0.29, 0.717) is 11.4 Å². The number of primary amides is 1. The first-order chi connectivity index (χ1) is 19.2. The monoisotopic (exact) mass is 609 g/mol. The van der Waals surface area contributed by atoms with E-state index in [9.17, 15) is 34.2 Å². The molecule has 0 aromatic carbocycles. The minimum absolute atomic E-state index is 0.00381. The summed E-state index contributed by atoms with van der Waals surface area (Å²) < 4.78 is 7.10. The number of carbonyl (C=O) groups is 5.